The molecule has 128 valence electrons. The van der Waals surface area contributed by atoms with Gasteiger partial charge in [0.25, 0.3) is 0 Å². The van der Waals surface area contributed by atoms with E-state index < -0.39 is 11.7 Å². The lowest BCUT2D eigenvalue weighted by molar-refractivity contribution is -0.138. The monoisotopic (exact) mass is 360 g/mol. The third-order valence-electron chi connectivity index (χ3n) is 3.72. The molecule has 8 heteroatoms. The number of nitrogens with one attached hydrogen (secondary N) is 1. The van der Waals surface area contributed by atoms with E-state index in [2.05, 4.69) is 10.2 Å². The minimum absolute atomic E-state index is 0. The van der Waals surface area contributed by atoms with Crippen LogP contribution in [0.15, 0.2) is 18.2 Å². The fraction of sp³-hybridized carbons (Fsp3) is 0.571. The molecule has 22 heavy (non-hydrogen) atoms. The van der Waals surface area contributed by atoms with Gasteiger partial charge in [-0.2, -0.15) is 13.2 Å². The van der Waals surface area contributed by atoms with E-state index in [0.717, 1.165) is 32.2 Å². The molecule has 1 aromatic carbocycles. The van der Waals surface area contributed by atoms with E-state index in [0.29, 0.717) is 5.56 Å². The molecule has 1 atom stereocenters. The zero-order valence-corrected chi connectivity index (χ0v) is 14.1. The highest BCUT2D eigenvalue weighted by Crippen LogP contribution is 2.38. The van der Waals surface area contributed by atoms with Crippen molar-refractivity contribution in [2.45, 2.75) is 19.1 Å². The first kappa shape index (κ1) is 21.3. The van der Waals surface area contributed by atoms with E-state index in [1.807, 2.05) is 6.92 Å². The van der Waals surface area contributed by atoms with Crippen LogP contribution < -0.4 is 10.1 Å². The second-order valence-corrected chi connectivity index (χ2v) is 4.91. The maximum absolute atomic E-state index is 13.2. The van der Waals surface area contributed by atoms with E-state index >= 15 is 0 Å². The molecular weight excluding hydrogens is 340 g/mol. The lowest BCUT2D eigenvalue weighted by Gasteiger charge is -2.34. The number of nitrogens with zero attached hydrogens (tertiary/aromatic N) is 1. The third-order valence-corrected chi connectivity index (χ3v) is 3.72. The minimum Gasteiger partial charge on any atom is -0.497 e. The van der Waals surface area contributed by atoms with Crippen molar-refractivity contribution in [2.24, 2.45) is 0 Å². The molecule has 0 spiro atoms. The molecule has 1 aliphatic heterocycles. The lowest BCUT2D eigenvalue weighted by atomic mass is 9.99. The van der Waals surface area contributed by atoms with Gasteiger partial charge in [-0.25, -0.2) is 0 Å². The van der Waals surface area contributed by atoms with Gasteiger partial charge >= 0.3 is 6.18 Å². The first-order chi connectivity index (χ1) is 9.43. The minimum atomic E-state index is -4.37. The molecule has 1 fully saturated rings. The molecule has 0 unspecified atom stereocenters. The molecule has 3 nitrogen and oxygen atoms in total. The fourth-order valence-corrected chi connectivity index (χ4v) is 2.54. The van der Waals surface area contributed by atoms with Gasteiger partial charge in [-0.3, -0.25) is 4.90 Å². The lowest BCUT2D eigenvalue weighted by Crippen LogP contribution is -2.44. The van der Waals surface area contributed by atoms with Gasteiger partial charge < -0.3 is 10.1 Å². The summed E-state index contributed by atoms with van der Waals surface area (Å²) in [6.07, 6.45) is -4.37. The highest BCUT2D eigenvalue weighted by molar-refractivity contribution is 5.85. The Kier molecular flexibility index (Phi) is 8.54. The summed E-state index contributed by atoms with van der Waals surface area (Å²) in [6.45, 7) is 4.95. The molecule has 0 amide bonds. The van der Waals surface area contributed by atoms with Crippen LogP contribution in [-0.4, -0.2) is 38.2 Å². The third kappa shape index (κ3) is 4.91. The molecule has 1 aliphatic rings. The standard InChI is InChI=1S/C14H19F3N2O.2ClH/c1-10(19-7-5-18-6-8-19)12-4-3-11(20-2)9-13(12)14(15,16)17;;/h3-4,9-10,18H,5-8H2,1-2H3;2*1H/t10-;;/m1../s1. The van der Waals surface area contributed by atoms with Gasteiger partial charge in [-0.05, 0) is 24.6 Å². The van der Waals surface area contributed by atoms with Crippen molar-refractivity contribution in [1.82, 2.24) is 10.2 Å². The zero-order valence-electron chi connectivity index (χ0n) is 12.4. The predicted molar refractivity (Wildman–Crippen MR) is 85.3 cm³/mol. The highest BCUT2D eigenvalue weighted by atomic mass is 35.5. The Morgan fingerprint density at radius 1 is 1.18 bits per heavy atom. The van der Waals surface area contributed by atoms with Crippen LogP contribution in [0, 0.1) is 0 Å². The molecule has 0 radical (unpaired) electrons. The summed E-state index contributed by atoms with van der Waals surface area (Å²) in [7, 11) is 1.37. The summed E-state index contributed by atoms with van der Waals surface area (Å²) >= 11 is 0. The smallest absolute Gasteiger partial charge is 0.416 e. The van der Waals surface area contributed by atoms with Crippen molar-refractivity contribution in [3.63, 3.8) is 0 Å². The Bertz CT molecular complexity index is 466. The Balaban J connectivity index is 0.00000220. The summed E-state index contributed by atoms with van der Waals surface area (Å²) in [5.74, 6) is 0.230. The van der Waals surface area contributed by atoms with E-state index in [-0.39, 0.29) is 36.6 Å². The number of ether oxygens (including phenoxy) is 1. The van der Waals surface area contributed by atoms with Crippen LogP contribution in [0.5, 0.6) is 5.75 Å². The topological polar surface area (TPSA) is 24.5 Å². The number of rotatable bonds is 3. The van der Waals surface area contributed by atoms with E-state index in [1.54, 1.807) is 6.07 Å². The van der Waals surface area contributed by atoms with Crippen molar-refractivity contribution in [1.29, 1.82) is 0 Å². The summed E-state index contributed by atoms with van der Waals surface area (Å²) in [5, 5.41) is 3.20. The Labute approximate surface area is 141 Å². The molecule has 0 saturated carbocycles. The van der Waals surface area contributed by atoms with Crippen molar-refractivity contribution in [3.05, 3.63) is 29.3 Å². The van der Waals surface area contributed by atoms with Gasteiger partial charge in [-0.1, -0.05) is 6.07 Å². The van der Waals surface area contributed by atoms with Crippen LogP contribution in [0.3, 0.4) is 0 Å². The van der Waals surface area contributed by atoms with Crippen molar-refractivity contribution < 1.29 is 17.9 Å². The fourth-order valence-electron chi connectivity index (χ4n) is 2.54. The Morgan fingerprint density at radius 3 is 2.27 bits per heavy atom. The molecule has 2 rings (SSSR count). The van der Waals surface area contributed by atoms with Gasteiger partial charge in [0.2, 0.25) is 0 Å². The Morgan fingerprint density at radius 2 is 1.77 bits per heavy atom. The van der Waals surface area contributed by atoms with Crippen molar-refractivity contribution in [3.8, 4) is 5.75 Å². The summed E-state index contributed by atoms with van der Waals surface area (Å²) in [5.41, 5.74) is -0.303. The maximum Gasteiger partial charge on any atom is 0.416 e. The summed E-state index contributed by atoms with van der Waals surface area (Å²) < 4.78 is 44.5. The van der Waals surface area contributed by atoms with Crippen LogP contribution in [0.25, 0.3) is 0 Å². The van der Waals surface area contributed by atoms with E-state index in [9.17, 15) is 13.2 Å². The number of benzene rings is 1. The number of methoxy groups -OCH3 is 1. The van der Waals surface area contributed by atoms with Crippen LogP contribution in [0.1, 0.15) is 24.1 Å². The molecule has 1 aromatic rings. The summed E-state index contributed by atoms with van der Waals surface area (Å²) in [4.78, 5) is 2.06. The highest BCUT2D eigenvalue weighted by Gasteiger charge is 2.36. The zero-order chi connectivity index (χ0) is 14.8. The number of hydrogen-bond donors (Lipinski definition) is 1. The van der Waals surface area contributed by atoms with Gasteiger partial charge in [0, 0.05) is 32.2 Å². The second-order valence-electron chi connectivity index (χ2n) is 4.91. The predicted octanol–water partition coefficient (Wildman–Crippen LogP) is 3.52. The average molecular weight is 361 g/mol. The van der Waals surface area contributed by atoms with E-state index in [1.165, 1.54) is 13.2 Å². The van der Waals surface area contributed by atoms with Crippen LogP contribution in [0.2, 0.25) is 0 Å². The van der Waals surface area contributed by atoms with Crippen LogP contribution >= 0.6 is 24.8 Å². The molecule has 0 aliphatic carbocycles. The number of alkyl halides is 3. The number of halogens is 5. The van der Waals surface area contributed by atoms with Crippen LogP contribution in [0.4, 0.5) is 13.2 Å². The van der Waals surface area contributed by atoms with Gasteiger partial charge in [0.1, 0.15) is 5.75 Å². The maximum atomic E-state index is 13.2. The Hall–Kier alpha value is -0.690. The number of hydrogen-bond acceptors (Lipinski definition) is 3. The largest absolute Gasteiger partial charge is 0.497 e. The van der Waals surface area contributed by atoms with Gasteiger partial charge in [0.15, 0.2) is 0 Å². The molecular formula is C14H21Cl2F3N2O. The second kappa shape index (κ2) is 8.82. The SMILES string of the molecule is COc1ccc([C@@H](C)N2CCNCC2)c(C(F)(F)F)c1.Cl.Cl. The van der Waals surface area contributed by atoms with Crippen molar-refractivity contribution >= 4 is 24.8 Å². The van der Waals surface area contributed by atoms with Crippen LogP contribution in [-0.2, 0) is 6.18 Å². The first-order valence-electron chi connectivity index (χ1n) is 6.63. The molecule has 1 heterocycles. The van der Waals surface area contributed by atoms with Gasteiger partial charge in [-0.15, -0.1) is 24.8 Å². The molecule has 1 N–H and O–H groups in total. The average Bonchev–Trinajstić information content (AvgIpc) is 2.46. The normalized spacial score (nSPS) is 17.1. The molecule has 0 aromatic heterocycles. The van der Waals surface area contributed by atoms with E-state index in [4.69, 9.17) is 4.74 Å². The molecule has 0 bridgehead atoms. The number of piperazine rings is 1. The summed E-state index contributed by atoms with van der Waals surface area (Å²) in [6, 6.07) is 3.92. The molecule has 1 saturated heterocycles. The quantitative estimate of drug-likeness (QED) is 0.892. The first-order valence-corrected chi connectivity index (χ1v) is 6.63. The van der Waals surface area contributed by atoms with Gasteiger partial charge in [0.05, 0.1) is 12.7 Å². The van der Waals surface area contributed by atoms with Crippen molar-refractivity contribution in [2.75, 3.05) is 33.3 Å².